The second-order valence-electron chi connectivity index (χ2n) is 7.41. The monoisotopic (exact) mass is 451 g/mol. The van der Waals surface area contributed by atoms with Crippen LogP contribution < -0.4 is 15.4 Å². The molecule has 1 aromatic heterocycles. The first-order chi connectivity index (χ1) is 15.6. The van der Waals surface area contributed by atoms with Gasteiger partial charge >= 0.3 is 6.03 Å². The Bertz CT molecular complexity index is 1050. The highest BCUT2D eigenvalue weighted by molar-refractivity contribution is 7.13. The molecular weight excluding hydrogens is 426 g/mol. The Morgan fingerprint density at radius 1 is 1.00 bits per heavy atom. The first-order valence-electron chi connectivity index (χ1n) is 10.6. The predicted octanol–water partition coefficient (Wildman–Crippen LogP) is 4.60. The van der Waals surface area contributed by atoms with Crippen molar-refractivity contribution in [3.05, 3.63) is 64.6 Å². The third-order valence-corrected chi connectivity index (χ3v) is 6.30. The van der Waals surface area contributed by atoms with E-state index < -0.39 is 0 Å². The molecule has 0 saturated carbocycles. The van der Waals surface area contributed by atoms with Gasteiger partial charge in [-0.2, -0.15) is 0 Å². The van der Waals surface area contributed by atoms with Gasteiger partial charge in [0.2, 0.25) is 5.01 Å². The van der Waals surface area contributed by atoms with Crippen molar-refractivity contribution in [1.29, 1.82) is 0 Å². The Morgan fingerprint density at radius 2 is 1.69 bits per heavy atom. The van der Waals surface area contributed by atoms with E-state index in [4.69, 9.17) is 4.74 Å². The van der Waals surface area contributed by atoms with Crippen LogP contribution in [0.25, 0.3) is 0 Å². The Hall–Kier alpha value is -3.46. The summed E-state index contributed by atoms with van der Waals surface area (Å²) in [6.45, 7) is 3.78. The summed E-state index contributed by atoms with van der Waals surface area (Å²) in [4.78, 5) is 26.8. The summed E-state index contributed by atoms with van der Waals surface area (Å²) in [5.74, 6) is 0.715. The molecule has 1 aliphatic heterocycles. The maximum atomic E-state index is 12.6. The molecule has 0 bridgehead atoms. The average molecular weight is 452 g/mol. The second-order valence-corrected chi connectivity index (χ2v) is 8.42. The number of hydrogen-bond acceptors (Lipinski definition) is 6. The van der Waals surface area contributed by atoms with E-state index in [2.05, 4.69) is 20.8 Å². The number of likely N-dealkylation sites (tertiary alicyclic amines) is 1. The molecule has 8 nitrogen and oxygen atoms in total. The molecule has 0 spiro atoms. The van der Waals surface area contributed by atoms with E-state index in [9.17, 15) is 9.59 Å². The zero-order valence-electron chi connectivity index (χ0n) is 17.8. The highest BCUT2D eigenvalue weighted by Gasteiger charge is 2.27. The fraction of sp³-hybridized carbons (Fsp3) is 0.304. The topological polar surface area (TPSA) is 96.4 Å². The number of carbonyl (C=O) groups is 2. The molecule has 2 aromatic carbocycles. The summed E-state index contributed by atoms with van der Waals surface area (Å²) < 4.78 is 5.42. The highest BCUT2D eigenvalue weighted by Crippen LogP contribution is 2.30. The molecule has 1 fully saturated rings. The third kappa shape index (κ3) is 5.42. The zero-order chi connectivity index (χ0) is 22.3. The summed E-state index contributed by atoms with van der Waals surface area (Å²) in [5, 5.41) is 15.3. The highest BCUT2D eigenvalue weighted by atomic mass is 32.1. The van der Waals surface area contributed by atoms with Gasteiger partial charge in [-0.15, -0.1) is 10.2 Å². The van der Waals surface area contributed by atoms with Crippen LogP contribution in [-0.4, -0.2) is 46.7 Å². The lowest BCUT2D eigenvalue weighted by molar-refractivity contribution is 0.102. The first-order valence-corrected chi connectivity index (χ1v) is 11.4. The SMILES string of the molecule is CCOc1ccc(NC(=O)N2CCC(c3nnc(C(=O)Nc4ccccc4)s3)CC2)cc1. The van der Waals surface area contributed by atoms with Crippen molar-refractivity contribution in [2.75, 3.05) is 30.3 Å². The van der Waals surface area contributed by atoms with Crippen LogP contribution in [0, 0.1) is 0 Å². The molecule has 2 heterocycles. The molecule has 4 rings (SSSR count). The fourth-order valence-electron chi connectivity index (χ4n) is 3.53. The Morgan fingerprint density at radius 3 is 2.38 bits per heavy atom. The third-order valence-electron chi connectivity index (χ3n) is 5.21. The van der Waals surface area contributed by atoms with E-state index in [1.54, 1.807) is 4.90 Å². The van der Waals surface area contributed by atoms with Crippen LogP contribution in [0.2, 0.25) is 0 Å². The van der Waals surface area contributed by atoms with Gasteiger partial charge in [-0.1, -0.05) is 29.5 Å². The normalized spacial score (nSPS) is 14.1. The summed E-state index contributed by atoms with van der Waals surface area (Å²) in [7, 11) is 0. The minimum atomic E-state index is -0.257. The Labute approximate surface area is 190 Å². The summed E-state index contributed by atoms with van der Waals surface area (Å²) in [6.07, 6.45) is 1.57. The van der Waals surface area contributed by atoms with E-state index in [1.807, 2.05) is 61.5 Å². The van der Waals surface area contributed by atoms with E-state index in [-0.39, 0.29) is 17.9 Å². The summed E-state index contributed by atoms with van der Waals surface area (Å²) in [5.41, 5.74) is 1.46. The van der Waals surface area contributed by atoms with Crippen LogP contribution in [-0.2, 0) is 0 Å². The lowest BCUT2D eigenvalue weighted by atomic mass is 9.98. The van der Waals surface area contributed by atoms with Crippen molar-refractivity contribution in [3.63, 3.8) is 0 Å². The van der Waals surface area contributed by atoms with Crippen LogP contribution in [0.4, 0.5) is 16.2 Å². The van der Waals surface area contributed by atoms with Crippen LogP contribution in [0.1, 0.15) is 40.5 Å². The Balaban J connectivity index is 1.28. The number of benzene rings is 2. The van der Waals surface area contributed by atoms with Gasteiger partial charge in [0.1, 0.15) is 10.8 Å². The van der Waals surface area contributed by atoms with Gasteiger partial charge in [-0.05, 0) is 56.2 Å². The lowest BCUT2D eigenvalue weighted by Crippen LogP contribution is -2.40. The van der Waals surface area contributed by atoms with Gasteiger partial charge in [0.25, 0.3) is 5.91 Å². The van der Waals surface area contributed by atoms with E-state index in [0.717, 1.165) is 35.0 Å². The molecule has 166 valence electrons. The van der Waals surface area contributed by atoms with Crippen LogP contribution in [0.5, 0.6) is 5.75 Å². The molecule has 1 aliphatic rings. The molecule has 0 aliphatic carbocycles. The molecule has 0 radical (unpaired) electrons. The summed E-state index contributed by atoms with van der Waals surface area (Å²) in [6, 6.07) is 16.5. The summed E-state index contributed by atoms with van der Waals surface area (Å²) >= 11 is 1.32. The van der Waals surface area contributed by atoms with Crippen molar-refractivity contribution < 1.29 is 14.3 Å². The standard InChI is InChI=1S/C23H25N5O3S/c1-2-31-19-10-8-18(9-11-19)25-23(30)28-14-12-16(13-15-28)21-26-27-22(32-21)20(29)24-17-6-4-3-5-7-17/h3-11,16H,2,12-15H2,1H3,(H,24,29)(H,25,30). The van der Waals surface area contributed by atoms with E-state index in [1.165, 1.54) is 11.3 Å². The molecule has 9 heteroatoms. The minimum Gasteiger partial charge on any atom is -0.494 e. The Kier molecular flexibility index (Phi) is 6.96. The van der Waals surface area contributed by atoms with Gasteiger partial charge in [0.05, 0.1) is 6.61 Å². The van der Waals surface area contributed by atoms with Crippen molar-refractivity contribution in [3.8, 4) is 5.75 Å². The number of ether oxygens (including phenoxy) is 1. The van der Waals surface area contributed by atoms with Gasteiger partial charge in [-0.25, -0.2) is 4.79 Å². The maximum Gasteiger partial charge on any atom is 0.321 e. The number of rotatable bonds is 6. The average Bonchev–Trinajstić information content (AvgIpc) is 3.32. The van der Waals surface area contributed by atoms with Crippen LogP contribution in [0.15, 0.2) is 54.6 Å². The van der Waals surface area contributed by atoms with Gasteiger partial charge < -0.3 is 20.3 Å². The molecule has 2 N–H and O–H groups in total. The minimum absolute atomic E-state index is 0.118. The van der Waals surface area contributed by atoms with Gasteiger partial charge in [0.15, 0.2) is 0 Å². The number of carbonyl (C=O) groups excluding carboxylic acids is 2. The molecule has 1 saturated heterocycles. The lowest BCUT2D eigenvalue weighted by Gasteiger charge is -2.31. The van der Waals surface area contributed by atoms with Crippen molar-refractivity contribution in [2.45, 2.75) is 25.7 Å². The first kappa shape index (κ1) is 21.8. The predicted molar refractivity (Wildman–Crippen MR) is 124 cm³/mol. The largest absolute Gasteiger partial charge is 0.494 e. The number of hydrogen-bond donors (Lipinski definition) is 2. The second kappa shape index (κ2) is 10.2. The molecule has 3 amide bonds. The number of aromatic nitrogens is 2. The number of para-hydroxylation sites is 1. The van der Waals surface area contributed by atoms with Crippen molar-refractivity contribution >= 4 is 34.6 Å². The molecular formula is C23H25N5O3S. The van der Waals surface area contributed by atoms with Gasteiger partial charge in [-0.3, -0.25) is 4.79 Å². The molecule has 32 heavy (non-hydrogen) atoms. The number of urea groups is 1. The molecule has 3 aromatic rings. The van der Waals surface area contributed by atoms with Crippen molar-refractivity contribution in [1.82, 2.24) is 15.1 Å². The van der Waals surface area contributed by atoms with Crippen molar-refractivity contribution in [2.24, 2.45) is 0 Å². The van der Waals surface area contributed by atoms with E-state index >= 15 is 0 Å². The van der Waals surface area contributed by atoms with Crippen LogP contribution >= 0.6 is 11.3 Å². The number of nitrogens with one attached hydrogen (secondary N) is 2. The van der Waals surface area contributed by atoms with Crippen LogP contribution in [0.3, 0.4) is 0 Å². The van der Waals surface area contributed by atoms with Gasteiger partial charge in [0, 0.05) is 30.4 Å². The fourth-order valence-corrected chi connectivity index (χ4v) is 4.44. The quantitative estimate of drug-likeness (QED) is 0.571. The molecule has 0 unspecified atom stereocenters. The van der Waals surface area contributed by atoms with E-state index in [0.29, 0.717) is 24.7 Å². The number of anilines is 2. The zero-order valence-corrected chi connectivity index (χ0v) is 18.6. The number of piperidine rings is 1. The number of amides is 3. The molecule has 0 atom stereocenters. The maximum absolute atomic E-state index is 12.6. The smallest absolute Gasteiger partial charge is 0.321 e. The number of nitrogens with zero attached hydrogens (tertiary/aromatic N) is 3.